The zero-order valence-electron chi connectivity index (χ0n) is 17.6. The van der Waals surface area contributed by atoms with Gasteiger partial charge in [-0.1, -0.05) is 59.9 Å². The molecule has 0 aliphatic heterocycles. The minimum absolute atomic E-state index is 0.0807. The molecule has 0 spiro atoms. The summed E-state index contributed by atoms with van der Waals surface area (Å²) in [5, 5.41) is 23.6. The first-order chi connectivity index (χ1) is 15.8. The van der Waals surface area contributed by atoms with Crippen LogP contribution >= 0.6 is 11.3 Å². The number of nitrogens with zero attached hydrogens (tertiary/aromatic N) is 1. The van der Waals surface area contributed by atoms with Gasteiger partial charge in [-0.15, -0.1) is 0 Å². The maximum absolute atomic E-state index is 12.3. The van der Waals surface area contributed by atoms with Crippen LogP contribution in [-0.4, -0.2) is 51.9 Å². The summed E-state index contributed by atoms with van der Waals surface area (Å²) >= 11 is 0.899. The normalized spacial score (nSPS) is 14.0. The minimum atomic E-state index is -2.09. The van der Waals surface area contributed by atoms with Gasteiger partial charge in [-0.05, 0) is 29.2 Å². The van der Waals surface area contributed by atoms with Crippen molar-refractivity contribution in [2.45, 2.75) is 18.4 Å². The number of ether oxygens (including phenoxy) is 1. The number of aliphatic hydroxyl groups is 1. The third-order valence-electron chi connectivity index (χ3n) is 5.34. The second kappa shape index (κ2) is 9.00. The summed E-state index contributed by atoms with van der Waals surface area (Å²) in [6.45, 7) is 0.740. The second-order valence-electron chi connectivity index (χ2n) is 7.74. The number of rotatable bonds is 7. The Morgan fingerprint density at radius 1 is 1.09 bits per heavy atom. The fraction of sp³-hybridized carbons (Fsp3) is 0.217. The van der Waals surface area contributed by atoms with Crippen LogP contribution in [0.2, 0.25) is 0 Å². The lowest BCUT2D eigenvalue weighted by Crippen LogP contribution is -2.46. The molecule has 0 saturated heterocycles. The van der Waals surface area contributed by atoms with Gasteiger partial charge in [-0.3, -0.25) is 10.1 Å². The monoisotopic (exact) mass is 467 g/mol. The largest absolute Gasteiger partial charge is 0.479 e. The summed E-state index contributed by atoms with van der Waals surface area (Å²) in [7, 11) is 0. The fourth-order valence-electron chi connectivity index (χ4n) is 3.57. The van der Waals surface area contributed by atoms with E-state index in [1.807, 2.05) is 48.5 Å². The molecule has 9 nitrogen and oxygen atoms in total. The maximum atomic E-state index is 12.3. The number of aromatic nitrogens is 1. The number of carboxylic acid groups (broad SMARTS) is 1. The van der Waals surface area contributed by atoms with Gasteiger partial charge in [0.1, 0.15) is 11.5 Å². The first kappa shape index (κ1) is 22.4. The van der Waals surface area contributed by atoms with E-state index < -0.39 is 30.1 Å². The van der Waals surface area contributed by atoms with E-state index in [1.165, 1.54) is 6.20 Å². The van der Waals surface area contributed by atoms with Crippen molar-refractivity contribution >= 4 is 34.4 Å². The Morgan fingerprint density at radius 2 is 1.70 bits per heavy atom. The summed E-state index contributed by atoms with van der Waals surface area (Å²) < 4.78 is 5.45. The number of fused-ring (bicyclic) bond motifs is 3. The zero-order valence-corrected chi connectivity index (χ0v) is 18.4. The van der Waals surface area contributed by atoms with Crippen LogP contribution in [0.5, 0.6) is 0 Å². The highest BCUT2D eigenvalue weighted by atomic mass is 32.1. The van der Waals surface area contributed by atoms with Gasteiger partial charge in [0.05, 0.1) is 12.7 Å². The SMILES string of the molecule is CC(O)(CNC(=O)c1cnc(NC(=O)OCC2c3ccccc3-c3ccccc32)s1)C(=O)O. The number of carboxylic acids is 1. The molecule has 0 fully saturated rings. The van der Waals surface area contributed by atoms with E-state index in [2.05, 4.69) is 15.6 Å². The third kappa shape index (κ3) is 4.71. The summed E-state index contributed by atoms with van der Waals surface area (Å²) in [6.07, 6.45) is 0.543. The van der Waals surface area contributed by atoms with E-state index >= 15 is 0 Å². The molecule has 0 radical (unpaired) electrons. The number of hydrogen-bond donors (Lipinski definition) is 4. The number of carbonyl (C=O) groups excluding carboxylic acids is 2. The molecule has 1 aliphatic rings. The highest BCUT2D eigenvalue weighted by Gasteiger charge is 2.31. The van der Waals surface area contributed by atoms with Gasteiger partial charge in [0, 0.05) is 5.92 Å². The number of benzene rings is 2. The van der Waals surface area contributed by atoms with Crippen molar-refractivity contribution in [3.63, 3.8) is 0 Å². The number of amides is 2. The van der Waals surface area contributed by atoms with Gasteiger partial charge in [-0.2, -0.15) is 0 Å². The molecule has 1 unspecified atom stereocenters. The zero-order chi connectivity index (χ0) is 23.6. The Bertz CT molecular complexity index is 1180. The van der Waals surface area contributed by atoms with Crippen molar-refractivity contribution < 1.29 is 29.3 Å². The molecule has 1 aromatic heterocycles. The smallest absolute Gasteiger partial charge is 0.413 e. The first-order valence-corrected chi connectivity index (χ1v) is 10.9. The molecule has 2 amide bonds. The van der Waals surface area contributed by atoms with Gasteiger partial charge < -0.3 is 20.3 Å². The average Bonchev–Trinajstić information content (AvgIpc) is 3.39. The fourth-order valence-corrected chi connectivity index (χ4v) is 4.29. The van der Waals surface area contributed by atoms with Gasteiger partial charge in [0.25, 0.3) is 5.91 Å². The minimum Gasteiger partial charge on any atom is -0.479 e. The molecular formula is C23H21N3O6S. The molecule has 4 rings (SSSR count). The van der Waals surface area contributed by atoms with E-state index in [-0.39, 0.29) is 22.5 Å². The lowest BCUT2D eigenvalue weighted by atomic mass is 9.98. The van der Waals surface area contributed by atoms with Gasteiger partial charge in [0.15, 0.2) is 10.7 Å². The Kier molecular flexibility index (Phi) is 6.12. The molecule has 33 heavy (non-hydrogen) atoms. The Labute approximate surface area is 193 Å². The first-order valence-electron chi connectivity index (χ1n) is 10.1. The Morgan fingerprint density at radius 3 is 2.30 bits per heavy atom. The van der Waals surface area contributed by atoms with Gasteiger partial charge >= 0.3 is 12.1 Å². The van der Waals surface area contributed by atoms with E-state index in [0.717, 1.165) is 40.5 Å². The third-order valence-corrected chi connectivity index (χ3v) is 6.25. The number of nitrogens with one attached hydrogen (secondary N) is 2. The summed E-state index contributed by atoms with van der Waals surface area (Å²) in [5.41, 5.74) is 2.34. The standard InChI is InChI=1S/C23H21N3O6S/c1-23(31,20(28)29)12-25-19(27)18-10-24-21(33-18)26-22(30)32-11-17-15-8-4-2-6-13(15)14-7-3-5-9-16(14)17/h2-10,17,31H,11-12H2,1H3,(H,25,27)(H,28,29)(H,24,26,30). The van der Waals surface area contributed by atoms with Crippen molar-refractivity contribution in [3.05, 3.63) is 70.7 Å². The van der Waals surface area contributed by atoms with Crippen LogP contribution in [0.15, 0.2) is 54.7 Å². The molecule has 3 aromatic rings. The number of carbonyl (C=O) groups is 3. The number of hydrogen-bond acceptors (Lipinski definition) is 7. The molecule has 2 aromatic carbocycles. The quantitative estimate of drug-likeness (QED) is 0.419. The molecule has 170 valence electrons. The number of aliphatic carboxylic acids is 1. The Hall–Kier alpha value is -3.76. The van der Waals surface area contributed by atoms with E-state index in [1.54, 1.807) is 0 Å². The molecule has 10 heteroatoms. The average molecular weight is 468 g/mol. The predicted molar refractivity (Wildman–Crippen MR) is 121 cm³/mol. The number of thiazole rings is 1. The van der Waals surface area contributed by atoms with Crippen molar-refractivity contribution in [1.29, 1.82) is 0 Å². The highest BCUT2D eigenvalue weighted by molar-refractivity contribution is 7.17. The van der Waals surface area contributed by atoms with Crippen LogP contribution in [0.4, 0.5) is 9.93 Å². The van der Waals surface area contributed by atoms with Crippen molar-refractivity contribution in [2.75, 3.05) is 18.5 Å². The lowest BCUT2D eigenvalue weighted by molar-refractivity contribution is -0.155. The van der Waals surface area contributed by atoms with E-state index in [4.69, 9.17) is 9.84 Å². The van der Waals surface area contributed by atoms with Crippen LogP contribution in [0.25, 0.3) is 11.1 Å². The van der Waals surface area contributed by atoms with E-state index in [9.17, 15) is 19.5 Å². The maximum Gasteiger partial charge on any atom is 0.413 e. The number of anilines is 1. The summed E-state index contributed by atoms with van der Waals surface area (Å²) in [6, 6.07) is 16.0. The van der Waals surface area contributed by atoms with Crippen LogP contribution in [0.1, 0.15) is 33.6 Å². The molecule has 1 heterocycles. The van der Waals surface area contributed by atoms with Gasteiger partial charge in [-0.25, -0.2) is 14.6 Å². The molecule has 4 N–H and O–H groups in total. The summed E-state index contributed by atoms with van der Waals surface area (Å²) in [5.74, 6) is -2.15. The topological polar surface area (TPSA) is 138 Å². The molecule has 1 atom stereocenters. The van der Waals surface area contributed by atoms with Gasteiger partial charge in [0.2, 0.25) is 0 Å². The molecule has 0 saturated carbocycles. The lowest BCUT2D eigenvalue weighted by Gasteiger charge is -2.17. The Balaban J connectivity index is 1.35. The van der Waals surface area contributed by atoms with Crippen molar-refractivity contribution in [2.24, 2.45) is 0 Å². The van der Waals surface area contributed by atoms with Crippen LogP contribution in [0.3, 0.4) is 0 Å². The van der Waals surface area contributed by atoms with Crippen LogP contribution in [0, 0.1) is 0 Å². The molecular weight excluding hydrogens is 446 g/mol. The molecule has 1 aliphatic carbocycles. The summed E-state index contributed by atoms with van der Waals surface area (Å²) in [4.78, 5) is 39.5. The second-order valence-corrected chi connectivity index (χ2v) is 8.77. The molecule has 0 bridgehead atoms. The predicted octanol–water partition coefficient (Wildman–Crippen LogP) is 3.07. The highest BCUT2D eigenvalue weighted by Crippen LogP contribution is 2.44. The van der Waals surface area contributed by atoms with Crippen LogP contribution in [-0.2, 0) is 9.53 Å². The van der Waals surface area contributed by atoms with E-state index in [0.29, 0.717) is 0 Å². The van der Waals surface area contributed by atoms with Crippen molar-refractivity contribution in [1.82, 2.24) is 10.3 Å². The van der Waals surface area contributed by atoms with Crippen LogP contribution < -0.4 is 10.6 Å². The van der Waals surface area contributed by atoms with Crippen molar-refractivity contribution in [3.8, 4) is 11.1 Å².